The molecule has 0 saturated carbocycles. The van der Waals surface area contributed by atoms with Gasteiger partial charge in [0, 0.05) is 0 Å². The molecule has 0 aliphatic rings. The summed E-state index contributed by atoms with van der Waals surface area (Å²) >= 11 is 2.50. The molecular formula is C17H16N2O2S3. The van der Waals surface area contributed by atoms with Crippen LogP contribution < -0.4 is 4.80 Å². The molecule has 124 valence electrons. The molecule has 24 heavy (non-hydrogen) atoms. The molecule has 0 saturated heterocycles. The Bertz CT molecular complexity index is 1080. The molecule has 0 fully saturated rings. The minimum absolute atomic E-state index is 0.232. The van der Waals surface area contributed by atoms with Crippen molar-refractivity contribution in [3.8, 4) is 12.3 Å². The lowest BCUT2D eigenvalue weighted by atomic mass is 10.0. The van der Waals surface area contributed by atoms with E-state index in [-0.39, 0.29) is 10.8 Å². The highest BCUT2D eigenvalue weighted by molar-refractivity contribution is 7.92. The van der Waals surface area contributed by atoms with Crippen LogP contribution >= 0.6 is 22.7 Å². The Hall–Kier alpha value is -1.88. The second-order valence-electron chi connectivity index (χ2n) is 5.56. The van der Waals surface area contributed by atoms with E-state index in [1.54, 1.807) is 22.1 Å². The van der Waals surface area contributed by atoms with Crippen molar-refractivity contribution in [1.82, 2.24) is 4.57 Å². The fourth-order valence-electron chi connectivity index (χ4n) is 2.32. The third kappa shape index (κ3) is 3.18. The molecule has 3 rings (SSSR count). The number of nitrogens with zero attached hydrogens (tertiary/aromatic N) is 2. The molecule has 0 aliphatic carbocycles. The largest absolute Gasteiger partial charge is 0.304 e. The summed E-state index contributed by atoms with van der Waals surface area (Å²) < 4.78 is 31.9. The SMILES string of the molecule is C#CCn1/c(=N/S(=O)(=O)c2cccs2)sc2cc(C(C)C)ccc21. The molecule has 0 bridgehead atoms. The first kappa shape index (κ1) is 17.0. The molecule has 0 N–H and O–H groups in total. The Morgan fingerprint density at radius 1 is 1.33 bits per heavy atom. The van der Waals surface area contributed by atoms with E-state index < -0.39 is 10.0 Å². The van der Waals surface area contributed by atoms with Gasteiger partial charge >= 0.3 is 0 Å². The van der Waals surface area contributed by atoms with Crippen molar-refractivity contribution in [3.63, 3.8) is 0 Å². The van der Waals surface area contributed by atoms with Gasteiger partial charge in [-0.1, -0.05) is 43.2 Å². The van der Waals surface area contributed by atoms with Crippen LogP contribution in [0, 0.1) is 12.3 Å². The Kier molecular flexibility index (Phi) is 4.63. The molecule has 0 atom stereocenters. The number of fused-ring (bicyclic) bond motifs is 1. The molecule has 0 unspecified atom stereocenters. The summed E-state index contributed by atoms with van der Waals surface area (Å²) in [7, 11) is -3.72. The third-order valence-corrected chi connectivity index (χ3v) is 7.37. The van der Waals surface area contributed by atoms with Crippen LogP contribution in [0.4, 0.5) is 0 Å². The van der Waals surface area contributed by atoms with Gasteiger partial charge in [-0.2, -0.15) is 8.42 Å². The lowest BCUT2D eigenvalue weighted by Gasteiger charge is -2.05. The summed E-state index contributed by atoms with van der Waals surface area (Å²) in [4.78, 5) is 0.400. The van der Waals surface area contributed by atoms with Crippen LogP contribution in [0.15, 0.2) is 44.3 Å². The summed E-state index contributed by atoms with van der Waals surface area (Å²) in [5, 5.41) is 1.72. The smallest absolute Gasteiger partial charge is 0.294 e. The first-order valence-corrected chi connectivity index (χ1v) is 10.5. The minimum atomic E-state index is -3.72. The first-order chi connectivity index (χ1) is 11.4. The maximum atomic E-state index is 12.5. The van der Waals surface area contributed by atoms with Crippen LogP contribution in [-0.4, -0.2) is 13.0 Å². The molecule has 0 aliphatic heterocycles. The number of hydrogen-bond acceptors (Lipinski definition) is 4. The number of sulfonamides is 1. The molecule has 7 heteroatoms. The van der Waals surface area contributed by atoms with E-state index in [0.29, 0.717) is 10.7 Å². The zero-order chi connectivity index (χ0) is 17.3. The van der Waals surface area contributed by atoms with Gasteiger partial charge in [0.25, 0.3) is 10.0 Å². The van der Waals surface area contributed by atoms with Gasteiger partial charge in [-0.15, -0.1) is 22.2 Å². The lowest BCUT2D eigenvalue weighted by molar-refractivity contribution is 0.598. The van der Waals surface area contributed by atoms with Crippen LogP contribution in [-0.2, 0) is 16.6 Å². The van der Waals surface area contributed by atoms with E-state index in [1.807, 2.05) is 12.1 Å². The number of rotatable bonds is 4. The van der Waals surface area contributed by atoms with Gasteiger partial charge in [0.2, 0.25) is 4.80 Å². The fourth-order valence-corrected chi connectivity index (χ4v) is 5.57. The highest BCUT2D eigenvalue weighted by Crippen LogP contribution is 2.24. The van der Waals surface area contributed by atoms with Gasteiger partial charge in [0.15, 0.2) is 0 Å². The highest BCUT2D eigenvalue weighted by Gasteiger charge is 2.16. The molecule has 0 spiro atoms. The molecule has 0 radical (unpaired) electrons. The summed E-state index contributed by atoms with van der Waals surface area (Å²) in [6.07, 6.45) is 5.46. The van der Waals surface area contributed by atoms with Crippen molar-refractivity contribution < 1.29 is 8.42 Å². The Morgan fingerprint density at radius 3 is 2.75 bits per heavy atom. The molecule has 3 aromatic rings. The quantitative estimate of drug-likeness (QED) is 0.650. The maximum absolute atomic E-state index is 12.5. The van der Waals surface area contributed by atoms with Crippen molar-refractivity contribution in [3.05, 3.63) is 46.1 Å². The minimum Gasteiger partial charge on any atom is -0.304 e. The van der Waals surface area contributed by atoms with Gasteiger partial charge < -0.3 is 4.57 Å². The fraction of sp³-hybridized carbons (Fsp3) is 0.235. The van der Waals surface area contributed by atoms with Gasteiger partial charge in [-0.25, -0.2) is 0 Å². The third-order valence-electron chi connectivity index (χ3n) is 3.57. The van der Waals surface area contributed by atoms with Gasteiger partial charge in [-0.05, 0) is 35.1 Å². The van der Waals surface area contributed by atoms with Crippen molar-refractivity contribution in [2.45, 2.75) is 30.5 Å². The maximum Gasteiger partial charge on any atom is 0.294 e. The van der Waals surface area contributed by atoms with E-state index in [2.05, 4.69) is 30.2 Å². The lowest BCUT2D eigenvalue weighted by Crippen LogP contribution is -2.16. The van der Waals surface area contributed by atoms with Crippen molar-refractivity contribution in [1.29, 1.82) is 0 Å². The van der Waals surface area contributed by atoms with E-state index >= 15 is 0 Å². The average molecular weight is 377 g/mol. The molecule has 2 heterocycles. The normalized spacial score (nSPS) is 12.8. The molecule has 2 aromatic heterocycles. The number of thiophene rings is 1. The zero-order valence-electron chi connectivity index (χ0n) is 13.3. The Labute approximate surface area is 149 Å². The second kappa shape index (κ2) is 6.55. The molecular weight excluding hydrogens is 360 g/mol. The van der Waals surface area contributed by atoms with Gasteiger partial charge in [0.05, 0.1) is 16.8 Å². The summed E-state index contributed by atoms with van der Waals surface area (Å²) in [6, 6.07) is 9.36. The predicted octanol–water partition coefficient (Wildman–Crippen LogP) is 3.81. The van der Waals surface area contributed by atoms with E-state index in [9.17, 15) is 8.42 Å². The van der Waals surface area contributed by atoms with E-state index in [0.717, 1.165) is 21.6 Å². The molecule has 4 nitrogen and oxygen atoms in total. The van der Waals surface area contributed by atoms with Crippen molar-refractivity contribution in [2.75, 3.05) is 0 Å². The number of benzene rings is 1. The van der Waals surface area contributed by atoms with Gasteiger partial charge in [0.1, 0.15) is 4.21 Å². The topological polar surface area (TPSA) is 51.4 Å². The van der Waals surface area contributed by atoms with Crippen LogP contribution in [0.5, 0.6) is 0 Å². The summed E-state index contributed by atoms with van der Waals surface area (Å²) in [6.45, 7) is 4.52. The van der Waals surface area contributed by atoms with Crippen LogP contribution in [0.25, 0.3) is 10.2 Å². The molecule has 0 amide bonds. The standard InChI is InChI=1S/C17H16N2O2S3/c1-4-9-19-14-8-7-13(12(2)3)11-15(14)23-17(19)18-24(20,21)16-6-5-10-22-16/h1,5-8,10-12H,9H2,2-3H3/b18-17-. The van der Waals surface area contributed by atoms with Crippen molar-refractivity contribution in [2.24, 2.45) is 4.40 Å². The second-order valence-corrected chi connectivity index (χ2v) is 9.34. The first-order valence-electron chi connectivity index (χ1n) is 7.33. The molecule has 1 aromatic carbocycles. The Morgan fingerprint density at radius 2 is 2.12 bits per heavy atom. The number of thiazole rings is 1. The van der Waals surface area contributed by atoms with Crippen LogP contribution in [0.1, 0.15) is 25.3 Å². The predicted molar refractivity (Wildman–Crippen MR) is 99.8 cm³/mol. The number of hydrogen-bond donors (Lipinski definition) is 0. The van der Waals surface area contributed by atoms with Crippen LogP contribution in [0.2, 0.25) is 0 Å². The van der Waals surface area contributed by atoms with Gasteiger partial charge in [-0.3, -0.25) is 0 Å². The van der Waals surface area contributed by atoms with Crippen LogP contribution in [0.3, 0.4) is 0 Å². The number of aromatic nitrogens is 1. The summed E-state index contributed by atoms with van der Waals surface area (Å²) in [5.74, 6) is 2.97. The zero-order valence-corrected chi connectivity index (χ0v) is 15.7. The number of terminal acetylenes is 1. The Balaban J connectivity index is 2.25. The van der Waals surface area contributed by atoms with Crippen molar-refractivity contribution >= 4 is 42.9 Å². The average Bonchev–Trinajstić information content (AvgIpc) is 3.16. The highest BCUT2D eigenvalue weighted by atomic mass is 32.2. The van der Waals surface area contributed by atoms with E-state index in [1.165, 1.54) is 16.9 Å². The summed E-state index contributed by atoms with van der Waals surface area (Å²) in [5.41, 5.74) is 2.10. The van der Waals surface area contributed by atoms with E-state index in [4.69, 9.17) is 6.42 Å². The monoisotopic (exact) mass is 376 g/mol.